The first-order chi connectivity index (χ1) is 12.3. The van der Waals surface area contributed by atoms with Gasteiger partial charge in [0.25, 0.3) is 0 Å². The number of rotatable bonds is 6. The molecule has 1 aromatic heterocycles. The van der Waals surface area contributed by atoms with E-state index in [9.17, 15) is 0 Å². The summed E-state index contributed by atoms with van der Waals surface area (Å²) in [4.78, 5) is 11.9. The minimum Gasteiger partial charge on any atom is -0.370 e. The molecule has 1 aromatic rings. The number of nitrogen functional groups attached to an aromatic ring is 1. The second kappa shape index (κ2) is 7.48. The predicted molar refractivity (Wildman–Crippen MR) is 103 cm³/mol. The van der Waals surface area contributed by atoms with Gasteiger partial charge in [0.1, 0.15) is 5.82 Å². The first kappa shape index (κ1) is 17.1. The normalized spacial score (nSPS) is 22.4. The van der Waals surface area contributed by atoms with Crippen LogP contribution in [0.25, 0.3) is 0 Å². The van der Waals surface area contributed by atoms with Gasteiger partial charge in [0, 0.05) is 17.5 Å². The van der Waals surface area contributed by atoms with E-state index in [0.29, 0.717) is 11.4 Å². The maximum atomic E-state index is 6.08. The number of fused-ring (bicyclic) bond motifs is 2. The molecule has 1 saturated carbocycles. The highest BCUT2D eigenvalue weighted by Gasteiger charge is 2.41. The molecule has 4 rings (SSSR count). The van der Waals surface area contributed by atoms with Gasteiger partial charge in [-0.25, -0.2) is 4.98 Å². The largest absolute Gasteiger partial charge is 0.370 e. The molecule has 0 unspecified atom stereocenters. The molecule has 3 aliphatic rings. The summed E-state index contributed by atoms with van der Waals surface area (Å²) in [6, 6.07) is 0. The number of likely N-dealkylation sites (tertiary alicyclic amines) is 1. The van der Waals surface area contributed by atoms with Crippen molar-refractivity contribution in [3.05, 3.63) is 11.3 Å². The minimum atomic E-state index is 0.302. The summed E-state index contributed by atoms with van der Waals surface area (Å²) in [6.07, 6.45) is 14.1. The molecule has 2 aliphatic carbocycles. The van der Waals surface area contributed by atoms with Crippen LogP contribution in [0, 0.1) is 0 Å². The van der Waals surface area contributed by atoms with Crippen molar-refractivity contribution >= 4 is 11.8 Å². The van der Waals surface area contributed by atoms with E-state index < -0.39 is 0 Å². The van der Waals surface area contributed by atoms with Crippen molar-refractivity contribution in [2.75, 3.05) is 37.2 Å². The Kier molecular flexibility index (Phi) is 5.11. The molecule has 0 radical (unpaired) electrons. The van der Waals surface area contributed by atoms with Crippen molar-refractivity contribution in [1.29, 1.82) is 0 Å². The van der Waals surface area contributed by atoms with Gasteiger partial charge in [-0.1, -0.05) is 12.8 Å². The zero-order valence-corrected chi connectivity index (χ0v) is 15.5. The molecular formula is C20H33N5. The first-order valence-electron chi connectivity index (χ1n) is 10.4. The van der Waals surface area contributed by atoms with E-state index in [1.54, 1.807) is 0 Å². The smallest absolute Gasteiger partial charge is 0.222 e. The lowest BCUT2D eigenvalue weighted by molar-refractivity contribution is 0.331. The quantitative estimate of drug-likeness (QED) is 0.774. The number of nitrogens with two attached hydrogens (primary N) is 1. The molecule has 0 aromatic carbocycles. The van der Waals surface area contributed by atoms with Crippen LogP contribution in [0.4, 0.5) is 11.8 Å². The summed E-state index contributed by atoms with van der Waals surface area (Å²) in [6.45, 7) is 4.83. The first-order valence-corrected chi connectivity index (χ1v) is 10.4. The second-order valence-corrected chi connectivity index (χ2v) is 8.28. The Hall–Kier alpha value is -1.36. The Morgan fingerprint density at radius 2 is 1.72 bits per heavy atom. The summed E-state index contributed by atoms with van der Waals surface area (Å²) >= 11 is 0. The van der Waals surface area contributed by atoms with Gasteiger partial charge in [0.2, 0.25) is 5.95 Å². The van der Waals surface area contributed by atoms with E-state index in [-0.39, 0.29) is 0 Å². The van der Waals surface area contributed by atoms with E-state index in [1.807, 2.05) is 0 Å². The highest BCUT2D eigenvalue weighted by atomic mass is 15.1. The van der Waals surface area contributed by atoms with E-state index in [4.69, 9.17) is 10.7 Å². The highest BCUT2D eigenvalue weighted by molar-refractivity contribution is 5.53. The van der Waals surface area contributed by atoms with Crippen LogP contribution < -0.4 is 11.1 Å². The standard InChI is InChI=1S/C20H33N5/c21-19-23-17-16(8-7-11-20(17)9-1-2-10-20)18(24-19)22-12-3-4-13-25-14-5-6-15-25/h1-15H2,(H3,21,22,23,24). The van der Waals surface area contributed by atoms with Crippen LogP contribution in [-0.2, 0) is 11.8 Å². The third-order valence-corrected chi connectivity index (χ3v) is 6.56. The number of hydrogen-bond donors (Lipinski definition) is 2. The summed E-state index contributed by atoms with van der Waals surface area (Å²) in [5.74, 6) is 1.47. The van der Waals surface area contributed by atoms with Crippen LogP contribution in [-0.4, -0.2) is 41.0 Å². The lowest BCUT2D eigenvalue weighted by Gasteiger charge is -2.35. The van der Waals surface area contributed by atoms with Gasteiger partial charge in [-0.2, -0.15) is 4.98 Å². The predicted octanol–water partition coefficient (Wildman–Crippen LogP) is 3.49. The fourth-order valence-electron chi connectivity index (χ4n) is 5.26. The third-order valence-electron chi connectivity index (χ3n) is 6.56. The van der Waals surface area contributed by atoms with Gasteiger partial charge in [-0.05, 0) is 77.4 Å². The van der Waals surface area contributed by atoms with Crippen molar-refractivity contribution in [2.24, 2.45) is 0 Å². The van der Waals surface area contributed by atoms with Crippen molar-refractivity contribution in [3.63, 3.8) is 0 Å². The fraction of sp³-hybridized carbons (Fsp3) is 0.800. The van der Waals surface area contributed by atoms with Crippen LogP contribution in [0.15, 0.2) is 0 Å². The molecule has 5 heteroatoms. The number of unbranched alkanes of at least 4 members (excludes halogenated alkanes) is 1. The highest BCUT2D eigenvalue weighted by Crippen LogP contribution is 2.49. The Labute approximate surface area is 151 Å². The molecule has 138 valence electrons. The minimum absolute atomic E-state index is 0.302. The van der Waals surface area contributed by atoms with Crippen LogP contribution in [0.2, 0.25) is 0 Å². The summed E-state index contributed by atoms with van der Waals surface area (Å²) in [5.41, 5.74) is 9.02. The molecular weight excluding hydrogens is 310 g/mol. The van der Waals surface area contributed by atoms with Gasteiger partial charge in [-0.3, -0.25) is 0 Å². The van der Waals surface area contributed by atoms with Crippen LogP contribution in [0.5, 0.6) is 0 Å². The van der Waals surface area contributed by atoms with E-state index >= 15 is 0 Å². The van der Waals surface area contributed by atoms with Crippen LogP contribution in [0.1, 0.15) is 75.5 Å². The Balaban J connectivity index is 1.39. The van der Waals surface area contributed by atoms with Crippen LogP contribution >= 0.6 is 0 Å². The number of anilines is 2. The van der Waals surface area contributed by atoms with E-state index in [1.165, 1.54) is 95.1 Å². The van der Waals surface area contributed by atoms with Crippen LogP contribution in [0.3, 0.4) is 0 Å². The second-order valence-electron chi connectivity index (χ2n) is 8.28. The molecule has 1 saturated heterocycles. The van der Waals surface area contributed by atoms with Gasteiger partial charge in [-0.15, -0.1) is 0 Å². The number of aromatic nitrogens is 2. The molecule has 5 nitrogen and oxygen atoms in total. The van der Waals surface area contributed by atoms with Gasteiger partial charge >= 0.3 is 0 Å². The number of hydrogen-bond acceptors (Lipinski definition) is 5. The van der Waals surface area contributed by atoms with Gasteiger partial charge < -0.3 is 16.0 Å². The Bertz CT molecular complexity index is 588. The summed E-state index contributed by atoms with van der Waals surface area (Å²) in [5, 5.41) is 3.60. The average molecular weight is 344 g/mol. The number of nitrogens with zero attached hydrogens (tertiary/aromatic N) is 3. The Morgan fingerprint density at radius 3 is 2.52 bits per heavy atom. The SMILES string of the molecule is Nc1nc(NCCCCN2CCCC2)c2c(n1)C1(CCCC1)CCC2. The third kappa shape index (κ3) is 3.62. The van der Waals surface area contributed by atoms with Crippen molar-refractivity contribution < 1.29 is 0 Å². The molecule has 0 amide bonds. The lowest BCUT2D eigenvalue weighted by atomic mass is 9.72. The maximum Gasteiger partial charge on any atom is 0.222 e. The number of nitrogens with one attached hydrogen (secondary N) is 1. The van der Waals surface area contributed by atoms with E-state index in [0.717, 1.165) is 18.8 Å². The Morgan fingerprint density at radius 1 is 0.960 bits per heavy atom. The molecule has 1 spiro atoms. The van der Waals surface area contributed by atoms with Crippen molar-refractivity contribution in [3.8, 4) is 0 Å². The summed E-state index contributed by atoms with van der Waals surface area (Å²) in [7, 11) is 0. The van der Waals surface area contributed by atoms with E-state index in [2.05, 4.69) is 15.2 Å². The molecule has 3 N–H and O–H groups in total. The monoisotopic (exact) mass is 343 g/mol. The molecule has 0 bridgehead atoms. The topological polar surface area (TPSA) is 67.1 Å². The van der Waals surface area contributed by atoms with Crippen molar-refractivity contribution in [2.45, 2.75) is 76.0 Å². The molecule has 2 fully saturated rings. The van der Waals surface area contributed by atoms with Gasteiger partial charge in [0.15, 0.2) is 0 Å². The average Bonchev–Trinajstić information content (AvgIpc) is 3.28. The molecule has 2 heterocycles. The zero-order valence-electron chi connectivity index (χ0n) is 15.5. The van der Waals surface area contributed by atoms with Gasteiger partial charge in [0.05, 0.1) is 5.69 Å². The molecule has 25 heavy (non-hydrogen) atoms. The molecule has 0 atom stereocenters. The maximum absolute atomic E-state index is 6.08. The molecule has 1 aliphatic heterocycles. The van der Waals surface area contributed by atoms with Crippen molar-refractivity contribution in [1.82, 2.24) is 14.9 Å². The fourth-order valence-corrected chi connectivity index (χ4v) is 5.26. The summed E-state index contributed by atoms with van der Waals surface area (Å²) < 4.78 is 0. The lowest BCUT2D eigenvalue weighted by Crippen LogP contribution is -2.31. The zero-order chi connectivity index (χ0) is 17.1.